The fourth-order valence-electron chi connectivity index (χ4n) is 0.250. The molecule has 0 aliphatic carbocycles. The van der Waals surface area contributed by atoms with Gasteiger partial charge in [-0.3, -0.25) is 0 Å². The summed E-state index contributed by atoms with van der Waals surface area (Å²) in [7, 11) is 0. The van der Waals surface area contributed by atoms with E-state index in [9.17, 15) is 0 Å². The van der Waals surface area contributed by atoms with Crippen LogP contribution in [-0.2, 0) is 0 Å². The molecule has 0 spiro atoms. The Morgan fingerprint density at radius 1 is 1.43 bits per heavy atom. The molecule has 0 atom stereocenters. The maximum Gasteiger partial charge on any atom is 0.0739 e. The Balaban J connectivity index is -0.0000000800. The van der Waals surface area contributed by atoms with E-state index in [0.29, 0.717) is 0 Å². The van der Waals surface area contributed by atoms with E-state index < -0.39 is 0 Å². The van der Waals surface area contributed by atoms with Gasteiger partial charge in [0, 0.05) is 0 Å². The number of quaternary nitrogens is 1. The Hall–Kier alpha value is 0.210. The van der Waals surface area contributed by atoms with Gasteiger partial charge in [-0.1, -0.05) is 13.3 Å². The van der Waals surface area contributed by atoms with Crippen LogP contribution in [0, 0.1) is 0 Å². The minimum Gasteiger partial charge on any atom is -1.00 e. The van der Waals surface area contributed by atoms with Crippen molar-refractivity contribution in [1.82, 2.24) is 0 Å². The molecule has 0 saturated carbocycles. The van der Waals surface area contributed by atoms with Gasteiger partial charge in [-0.25, -0.2) is 0 Å². The van der Waals surface area contributed by atoms with Gasteiger partial charge < -0.3 is 23.6 Å². The molecule has 0 bridgehead atoms. The zero-order chi connectivity index (χ0) is 4.12. The van der Waals surface area contributed by atoms with Gasteiger partial charge in [0.25, 0.3) is 0 Å². The molecule has 0 aliphatic heterocycles. The summed E-state index contributed by atoms with van der Waals surface area (Å²) < 4.78 is 0. The molecular formula is C4H14ClNO. The highest BCUT2D eigenvalue weighted by atomic mass is 35.5. The molecule has 3 heteroatoms. The van der Waals surface area contributed by atoms with E-state index in [0.717, 1.165) is 6.54 Å². The van der Waals surface area contributed by atoms with E-state index in [1.165, 1.54) is 12.8 Å². The molecule has 2 nitrogen and oxygen atoms in total. The van der Waals surface area contributed by atoms with Crippen molar-refractivity contribution < 1.29 is 23.6 Å². The molecule has 5 N–H and O–H groups in total. The summed E-state index contributed by atoms with van der Waals surface area (Å²) in [5.41, 5.74) is 3.68. The van der Waals surface area contributed by atoms with Crippen LogP contribution in [0.15, 0.2) is 0 Å². The number of unbranched alkanes of at least 4 members (excludes halogenated alkanes) is 1. The largest absolute Gasteiger partial charge is 1.00 e. The minimum atomic E-state index is 0. The lowest BCUT2D eigenvalue weighted by Gasteiger charge is -1.77. The highest BCUT2D eigenvalue weighted by molar-refractivity contribution is 4.21. The summed E-state index contributed by atoms with van der Waals surface area (Å²) >= 11 is 0. The third kappa shape index (κ3) is 22.5. The number of hydrogen-bond donors (Lipinski definition) is 1. The average molecular weight is 128 g/mol. The first-order valence-corrected chi connectivity index (χ1v) is 2.21. The first-order chi connectivity index (χ1) is 2.41. The fraction of sp³-hybridized carbons (Fsp3) is 1.00. The topological polar surface area (TPSA) is 59.1 Å². The molecule has 0 radical (unpaired) electrons. The second-order valence-corrected chi connectivity index (χ2v) is 1.21. The van der Waals surface area contributed by atoms with Crippen LogP contribution in [0.5, 0.6) is 0 Å². The van der Waals surface area contributed by atoms with E-state index in [4.69, 9.17) is 0 Å². The van der Waals surface area contributed by atoms with Crippen molar-refractivity contribution in [3.05, 3.63) is 0 Å². The zero-order valence-electron chi connectivity index (χ0n) is 4.71. The van der Waals surface area contributed by atoms with Crippen LogP contribution in [0.4, 0.5) is 0 Å². The number of hydrogen-bond acceptors (Lipinski definition) is 0. The van der Waals surface area contributed by atoms with E-state index in [1.807, 2.05) is 0 Å². The molecule has 0 aromatic heterocycles. The van der Waals surface area contributed by atoms with E-state index >= 15 is 0 Å². The molecule has 0 heterocycles. The fourth-order valence-corrected chi connectivity index (χ4v) is 0.250. The molecule has 0 rings (SSSR count). The lowest BCUT2D eigenvalue weighted by Crippen LogP contribution is -3.00. The molecule has 48 valence electrons. The molecule has 0 saturated heterocycles. The van der Waals surface area contributed by atoms with Crippen molar-refractivity contribution in [1.29, 1.82) is 0 Å². The second-order valence-electron chi connectivity index (χ2n) is 1.21. The van der Waals surface area contributed by atoms with Gasteiger partial charge in [-0.2, -0.15) is 0 Å². The van der Waals surface area contributed by atoms with Crippen LogP contribution in [-0.4, -0.2) is 12.0 Å². The standard InChI is InChI=1S/C4H11N.ClH.H2O/c1-2-3-4-5;;/h2-5H2,1H3;1H;1H2. The van der Waals surface area contributed by atoms with Crippen LogP contribution in [0.3, 0.4) is 0 Å². The molecular weight excluding hydrogens is 114 g/mol. The highest BCUT2D eigenvalue weighted by Crippen LogP contribution is 1.75. The Bertz CT molecular complexity index is 19.2. The lowest BCUT2D eigenvalue weighted by atomic mass is 10.3. The van der Waals surface area contributed by atoms with Crippen LogP contribution < -0.4 is 18.1 Å². The molecule has 0 fully saturated rings. The van der Waals surface area contributed by atoms with Crippen LogP contribution >= 0.6 is 0 Å². The van der Waals surface area contributed by atoms with Gasteiger partial charge in [-0.15, -0.1) is 0 Å². The lowest BCUT2D eigenvalue weighted by molar-refractivity contribution is -0.368. The monoisotopic (exact) mass is 127 g/mol. The summed E-state index contributed by atoms with van der Waals surface area (Å²) in [6, 6.07) is 0. The minimum absolute atomic E-state index is 0. The van der Waals surface area contributed by atoms with Crippen molar-refractivity contribution in [3.63, 3.8) is 0 Å². The number of halogens is 1. The van der Waals surface area contributed by atoms with Crippen LogP contribution in [0.1, 0.15) is 19.8 Å². The predicted molar refractivity (Wildman–Crippen MR) is 26.3 cm³/mol. The average Bonchev–Trinajstić information content (AvgIpc) is 1.41. The molecule has 0 aromatic carbocycles. The van der Waals surface area contributed by atoms with Crippen molar-refractivity contribution in [2.45, 2.75) is 19.8 Å². The Morgan fingerprint density at radius 3 is 1.86 bits per heavy atom. The number of rotatable bonds is 2. The van der Waals surface area contributed by atoms with Gasteiger partial charge in [0.05, 0.1) is 6.54 Å². The van der Waals surface area contributed by atoms with Gasteiger partial charge in [0.15, 0.2) is 0 Å². The summed E-state index contributed by atoms with van der Waals surface area (Å²) in [6.45, 7) is 3.27. The van der Waals surface area contributed by atoms with Crippen LogP contribution in [0.2, 0.25) is 0 Å². The van der Waals surface area contributed by atoms with Crippen molar-refractivity contribution in [2.75, 3.05) is 6.54 Å². The quantitative estimate of drug-likeness (QED) is 0.396. The third-order valence-corrected chi connectivity index (χ3v) is 0.604. The van der Waals surface area contributed by atoms with Crippen molar-refractivity contribution in [3.8, 4) is 0 Å². The molecule has 0 unspecified atom stereocenters. The Morgan fingerprint density at radius 2 is 1.86 bits per heavy atom. The van der Waals surface area contributed by atoms with Crippen LogP contribution in [0.25, 0.3) is 0 Å². The predicted octanol–water partition coefficient (Wildman–Crippen LogP) is -3.79. The van der Waals surface area contributed by atoms with Gasteiger partial charge in [0.2, 0.25) is 0 Å². The van der Waals surface area contributed by atoms with Gasteiger partial charge in [0.1, 0.15) is 0 Å². The first-order valence-electron chi connectivity index (χ1n) is 2.21. The molecule has 7 heavy (non-hydrogen) atoms. The smallest absolute Gasteiger partial charge is 0.0739 e. The Labute approximate surface area is 50.8 Å². The maximum absolute atomic E-state index is 3.68. The van der Waals surface area contributed by atoms with E-state index in [1.54, 1.807) is 0 Å². The van der Waals surface area contributed by atoms with Gasteiger partial charge in [-0.05, 0) is 6.42 Å². The van der Waals surface area contributed by atoms with E-state index in [2.05, 4.69) is 12.7 Å². The van der Waals surface area contributed by atoms with Crippen molar-refractivity contribution in [2.24, 2.45) is 0 Å². The molecule has 0 aromatic rings. The summed E-state index contributed by atoms with van der Waals surface area (Å²) in [6.07, 6.45) is 2.56. The van der Waals surface area contributed by atoms with Crippen molar-refractivity contribution >= 4 is 0 Å². The second kappa shape index (κ2) is 16.4. The summed E-state index contributed by atoms with van der Waals surface area (Å²) in [5, 5.41) is 0. The van der Waals surface area contributed by atoms with E-state index in [-0.39, 0.29) is 17.9 Å². The maximum atomic E-state index is 3.68. The molecule has 0 amide bonds. The normalized spacial score (nSPS) is 6.00. The highest BCUT2D eigenvalue weighted by Gasteiger charge is 1.71. The third-order valence-electron chi connectivity index (χ3n) is 0.604. The SMILES string of the molecule is CCCC[NH3+].O.[Cl-]. The molecule has 0 aliphatic rings. The Kier molecular flexibility index (Phi) is 36.7. The zero-order valence-corrected chi connectivity index (χ0v) is 5.46. The summed E-state index contributed by atoms with van der Waals surface area (Å²) in [4.78, 5) is 0. The first kappa shape index (κ1) is 15.7. The summed E-state index contributed by atoms with van der Waals surface area (Å²) in [5.74, 6) is 0. The van der Waals surface area contributed by atoms with Gasteiger partial charge >= 0.3 is 0 Å².